The number of rotatable bonds is 2. The summed E-state index contributed by atoms with van der Waals surface area (Å²) in [6, 6.07) is 32.6. The van der Waals surface area contributed by atoms with Crippen LogP contribution in [0.25, 0.3) is 16.8 Å². The third kappa shape index (κ3) is 3.16. The molecule has 1 aliphatic carbocycles. The second-order valence-corrected chi connectivity index (χ2v) is 11.1. The maximum absolute atomic E-state index is 13.2. The highest BCUT2D eigenvalue weighted by Gasteiger charge is 2.33. The molecule has 5 heteroatoms. The normalized spacial score (nSPS) is 14.2. The van der Waals surface area contributed by atoms with Gasteiger partial charge in [-0.15, -0.1) is 11.3 Å². The molecule has 164 valence electrons. The van der Waals surface area contributed by atoms with E-state index in [2.05, 4.69) is 59.5 Å². The van der Waals surface area contributed by atoms with Crippen molar-refractivity contribution in [3.8, 4) is 0 Å². The molecule has 0 bridgehead atoms. The van der Waals surface area contributed by atoms with E-state index in [1.54, 1.807) is 17.4 Å². The molecule has 2 radical (unpaired) electrons. The Kier molecular flexibility index (Phi) is 4.49. The Morgan fingerprint density at radius 3 is 1.80 bits per heavy atom. The van der Waals surface area contributed by atoms with Crippen molar-refractivity contribution in [3.63, 3.8) is 0 Å². The zero-order valence-corrected chi connectivity index (χ0v) is 20.3. The molecule has 7 rings (SSSR count). The number of benzene rings is 4. The predicted molar refractivity (Wildman–Crippen MR) is 145 cm³/mol. The quantitative estimate of drug-likeness (QED) is 0.177. The van der Waals surface area contributed by atoms with Gasteiger partial charge in [0.25, 0.3) is 0 Å². The summed E-state index contributed by atoms with van der Waals surface area (Å²) in [5.41, 5.74) is 3.59. The lowest BCUT2D eigenvalue weighted by atomic mass is 10.0. The van der Waals surface area contributed by atoms with Crippen LogP contribution in [0.5, 0.6) is 0 Å². The summed E-state index contributed by atoms with van der Waals surface area (Å²) >= 11 is 1.59. The summed E-state index contributed by atoms with van der Waals surface area (Å²) in [5.74, 6) is -0.388. The molecule has 0 amide bonds. The van der Waals surface area contributed by atoms with E-state index in [0.717, 1.165) is 20.7 Å². The first kappa shape index (κ1) is 20.3. The number of hydrogen-bond donors (Lipinski definition) is 0. The van der Waals surface area contributed by atoms with Gasteiger partial charge in [0.15, 0.2) is 11.6 Å². The lowest BCUT2D eigenvalue weighted by molar-refractivity contribution is 0.0990. The summed E-state index contributed by atoms with van der Waals surface area (Å²) in [6.45, 7) is 0. The standard InChI is InChI=1S/C30H17NO2SSi/c32-29-21-15-18-7-1-2-8-19(18)16-22(21)30(33)23(29)17-20-13-14-28(34-20)31-24-9-3-5-11-26(24)35-27-12-6-4-10-25(27)31/h1-17H. The number of ketones is 2. The number of nitrogens with zero attached hydrogens (tertiary/aromatic N) is 1. The smallest absolute Gasteiger partial charge is 0.197 e. The van der Waals surface area contributed by atoms with Gasteiger partial charge in [-0.3, -0.25) is 9.59 Å². The van der Waals surface area contributed by atoms with Crippen LogP contribution < -0.4 is 15.3 Å². The highest BCUT2D eigenvalue weighted by Crippen LogP contribution is 2.40. The summed E-state index contributed by atoms with van der Waals surface area (Å²) in [5, 5.41) is 5.61. The van der Waals surface area contributed by atoms with E-state index in [-0.39, 0.29) is 17.1 Å². The van der Waals surface area contributed by atoms with Crippen molar-refractivity contribution in [2.75, 3.05) is 4.90 Å². The lowest BCUT2D eigenvalue weighted by Crippen LogP contribution is -2.39. The van der Waals surface area contributed by atoms with Gasteiger partial charge in [-0.25, -0.2) is 0 Å². The minimum Gasteiger partial charge on any atom is -0.302 e. The van der Waals surface area contributed by atoms with Crippen LogP contribution in [0.1, 0.15) is 25.6 Å². The van der Waals surface area contributed by atoms with Crippen LogP contribution in [0.2, 0.25) is 0 Å². The number of anilines is 3. The Hall–Kier alpha value is -4.06. The van der Waals surface area contributed by atoms with Gasteiger partial charge in [0.2, 0.25) is 0 Å². The first-order valence-electron chi connectivity index (χ1n) is 11.4. The number of carbonyl (C=O) groups excluding carboxylic acids is 2. The average molecular weight is 484 g/mol. The van der Waals surface area contributed by atoms with Gasteiger partial charge in [0.1, 0.15) is 14.5 Å². The minimum absolute atomic E-state index is 0.194. The van der Waals surface area contributed by atoms with Gasteiger partial charge in [-0.1, -0.05) is 60.7 Å². The van der Waals surface area contributed by atoms with Crippen LogP contribution in [-0.4, -0.2) is 21.1 Å². The van der Waals surface area contributed by atoms with E-state index in [1.807, 2.05) is 42.5 Å². The fourth-order valence-corrected chi connectivity index (χ4v) is 7.16. The number of allylic oxidation sites excluding steroid dienone is 1. The summed E-state index contributed by atoms with van der Waals surface area (Å²) in [4.78, 5) is 29.6. The fraction of sp³-hybridized carbons (Fsp3) is 0. The van der Waals surface area contributed by atoms with Crippen molar-refractivity contribution < 1.29 is 9.59 Å². The Bertz CT molecular complexity index is 1630. The number of Topliss-reactive ketones (excluding diaryl/α,β-unsaturated/α-hetero) is 2. The molecule has 0 unspecified atom stereocenters. The Labute approximate surface area is 208 Å². The number of carbonyl (C=O) groups is 2. The van der Waals surface area contributed by atoms with E-state index in [9.17, 15) is 9.59 Å². The van der Waals surface area contributed by atoms with Crippen LogP contribution in [0.3, 0.4) is 0 Å². The maximum atomic E-state index is 13.2. The van der Waals surface area contributed by atoms with Crippen molar-refractivity contribution in [3.05, 3.63) is 119 Å². The van der Waals surface area contributed by atoms with E-state index >= 15 is 0 Å². The van der Waals surface area contributed by atoms with Crippen LogP contribution in [0, 0.1) is 0 Å². The van der Waals surface area contributed by atoms with E-state index in [4.69, 9.17) is 0 Å². The molecule has 1 aliphatic heterocycles. The number of fused-ring (bicyclic) bond motifs is 4. The molecular weight excluding hydrogens is 466 g/mol. The van der Waals surface area contributed by atoms with Gasteiger partial charge < -0.3 is 4.90 Å². The summed E-state index contributed by atoms with van der Waals surface area (Å²) in [7, 11) is 0.615. The molecule has 0 saturated heterocycles. The molecule has 2 heterocycles. The topological polar surface area (TPSA) is 37.4 Å². The molecule has 0 N–H and O–H groups in total. The molecule has 35 heavy (non-hydrogen) atoms. The van der Waals surface area contributed by atoms with Crippen molar-refractivity contribution in [2.24, 2.45) is 0 Å². The van der Waals surface area contributed by atoms with Crippen LogP contribution in [0.15, 0.2) is 103 Å². The molecule has 0 saturated carbocycles. The first-order chi connectivity index (χ1) is 17.2. The van der Waals surface area contributed by atoms with Gasteiger partial charge in [-0.2, -0.15) is 0 Å². The van der Waals surface area contributed by atoms with Crippen LogP contribution in [-0.2, 0) is 0 Å². The van der Waals surface area contributed by atoms with E-state index in [1.165, 1.54) is 21.7 Å². The zero-order valence-electron chi connectivity index (χ0n) is 18.5. The first-order valence-corrected chi connectivity index (χ1v) is 13.2. The summed E-state index contributed by atoms with van der Waals surface area (Å²) in [6.07, 6.45) is 1.76. The highest BCUT2D eigenvalue weighted by atomic mass is 32.1. The minimum atomic E-state index is -0.194. The molecule has 5 aromatic rings. The highest BCUT2D eigenvalue weighted by molar-refractivity contribution is 7.17. The molecule has 0 fully saturated rings. The number of thiophene rings is 1. The van der Waals surface area contributed by atoms with Gasteiger partial charge in [-0.05, 0) is 63.6 Å². The van der Waals surface area contributed by atoms with Crippen molar-refractivity contribution >= 4 is 76.0 Å². The molecule has 2 aliphatic rings. The largest absolute Gasteiger partial charge is 0.302 e. The SMILES string of the molecule is O=C1C(=Cc2ccc(N3c4ccccc4[Si]c4ccccc43)s2)C(=O)c2cc3ccccc3cc21. The molecule has 1 aromatic heterocycles. The predicted octanol–water partition coefficient (Wildman–Crippen LogP) is 5.80. The third-order valence-corrected chi connectivity index (χ3v) is 8.94. The second kappa shape index (κ2) is 7.73. The number of hydrogen-bond acceptors (Lipinski definition) is 4. The molecular formula is C30H17NO2SSi. The van der Waals surface area contributed by atoms with Gasteiger partial charge in [0, 0.05) is 27.4 Å². The van der Waals surface area contributed by atoms with Crippen LogP contribution in [0.4, 0.5) is 16.4 Å². The van der Waals surface area contributed by atoms with Gasteiger partial charge in [0.05, 0.1) is 5.57 Å². The number of para-hydroxylation sites is 2. The van der Waals surface area contributed by atoms with Crippen molar-refractivity contribution in [1.82, 2.24) is 0 Å². The molecule has 0 atom stereocenters. The average Bonchev–Trinajstić information content (AvgIpc) is 3.44. The maximum Gasteiger partial charge on any atom is 0.197 e. The zero-order chi connectivity index (χ0) is 23.5. The Morgan fingerprint density at radius 2 is 1.20 bits per heavy atom. The van der Waals surface area contributed by atoms with Crippen LogP contribution >= 0.6 is 11.3 Å². The third-order valence-electron chi connectivity index (χ3n) is 6.54. The Morgan fingerprint density at radius 1 is 0.657 bits per heavy atom. The van der Waals surface area contributed by atoms with E-state index in [0.29, 0.717) is 20.6 Å². The Balaban J connectivity index is 1.30. The molecule has 3 nitrogen and oxygen atoms in total. The van der Waals surface area contributed by atoms with Gasteiger partial charge >= 0.3 is 0 Å². The lowest BCUT2D eigenvalue weighted by Gasteiger charge is -2.32. The van der Waals surface area contributed by atoms with Crippen molar-refractivity contribution in [2.45, 2.75) is 0 Å². The second-order valence-electron chi connectivity index (χ2n) is 8.63. The monoisotopic (exact) mass is 483 g/mol. The fourth-order valence-electron chi connectivity index (χ4n) is 4.88. The molecule has 4 aromatic carbocycles. The summed E-state index contributed by atoms with van der Waals surface area (Å²) < 4.78 is 0. The molecule has 0 spiro atoms. The van der Waals surface area contributed by atoms with Crippen molar-refractivity contribution in [1.29, 1.82) is 0 Å². The van der Waals surface area contributed by atoms with E-state index < -0.39 is 0 Å².